The van der Waals surface area contributed by atoms with Crippen LogP contribution >= 0.6 is 0 Å². The van der Waals surface area contributed by atoms with E-state index < -0.39 is 0 Å². The highest BCUT2D eigenvalue weighted by Crippen LogP contribution is 2.27. The summed E-state index contributed by atoms with van der Waals surface area (Å²) in [5, 5.41) is 0. The third-order valence-electron chi connectivity index (χ3n) is 2.88. The maximum Gasteiger partial charge on any atom is 0.227 e. The average molecular weight is 242 g/mol. The zero-order valence-electron chi connectivity index (χ0n) is 9.77. The van der Waals surface area contributed by atoms with E-state index in [0.29, 0.717) is 22.7 Å². The van der Waals surface area contributed by atoms with Crippen molar-refractivity contribution in [1.82, 2.24) is 4.98 Å². The number of aryl methyl sites for hydroxylation is 1. The molecular weight excluding hydrogens is 231 g/mol. The number of nitrogens with zero attached hydrogens (tertiary/aromatic N) is 1. The second kappa shape index (κ2) is 3.84. The fraction of sp³-hybridized carbons (Fsp3) is 0.0714. The van der Waals surface area contributed by atoms with Gasteiger partial charge in [-0.05, 0) is 36.8 Å². The molecule has 0 spiro atoms. The molecule has 3 aromatic rings. The molecule has 0 atom stereocenters. The van der Waals surface area contributed by atoms with Gasteiger partial charge in [0.1, 0.15) is 11.3 Å². The number of rotatable bonds is 1. The normalized spacial score (nSPS) is 11.0. The topological polar surface area (TPSA) is 52.0 Å². The molecule has 0 unspecified atom stereocenters. The van der Waals surface area contributed by atoms with E-state index in [1.165, 1.54) is 12.1 Å². The summed E-state index contributed by atoms with van der Waals surface area (Å²) in [5.74, 6) is 0.107. The quantitative estimate of drug-likeness (QED) is 0.664. The molecule has 3 nitrogen and oxygen atoms in total. The summed E-state index contributed by atoms with van der Waals surface area (Å²) in [6.07, 6.45) is 0. The van der Waals surface area contributed by atoms with E-state index in [2.05, 4.69) is 4.98 Å². The van der Waals surface area contributed by atoms with Gasteiger partial charge in [0.2, 0.25) is 5.89 Å². The van der Waals surface area contributed by atoms with Crippen molar-refractivity contribution in [2.45, 2.75) is 6.92 Å². The van der Waals surface area contributed by atoms with Crippen molar-refractivity contribution < 1.29 is 8.81 Å². The molecule has 2 N–H and O–H groups in total. The Morgan fingerprint density at radius 3 is 2.78 bits per heavy atom. The molecule has 3 rings (SSSR count). The van der Waals surface area contributed by atoms with Crippen LogP contribution in [0.1, 0.15) is 5.56 Å². The van der Waals surface area contributed by atoms with Gasteiger partial charge in [-0.15, -0.1) is 0 Å². The van der Waals surface area contributed by atoms with E-state index in [1.807, 2.05) is 19.1 Å². The van der Waals surface area contributed by atoms with E-state index >= 15 is 0 Å². The van der Waals surface area contributed by atoms with Crippen molar-refractivity contribution in [3.63, 3.8) is 0 Å². The lowest BCUT2D eigenvalue weighted by atomic mass is 10.1. The number of nitrogen functional groups attached to an aromatic ring is 1. The molecule has 0 aliphatic heterocycles. The zero-order valence-corrected chi connectivity index (χ0v) is 9.77. The van der Waals surface area contributed by atoms with Crippen molar-refractivity contribution >= 4 is 16.8 Å². The van der Waals surface area contributed by atoms with Gasteiger partial charge in [0.05, 0.1) is 0 Å². The van der Waals surface area contributed by atoms with Gasteiger partial charge < -0.3 is 10.2 Å². The third-order valence-corrected chi connectivity index (χ3v) is 2.88. The van der Waals surface area contributed by atoms with Gasteiger partial charge in [0, 0.05) is 17.3 Å². The Balaban J connectivity index is 2.16. The van der Waals surface area contributed by atoms with E-state index in [9.17, 15) is 4.39 Å². The predicted octanol–water partition coefficient (Wildman–Crippen LogP) is 3.52. The Kier molecular flexibility index (Phi) is 2.30. The molecule has 1 aromatic heterocycles. The van der Waals surface area contributed by atoms with E-state index in [0.717, 1.165) is 11.1 Å². The summed E-state index contributed by atoms with van der Waals surface area (Å²) in [6, 6.07) is 9.86. The highest BCUT2D eigenvalue weighted by Gasteiger charge is 2.09. The van der Waals surface area contributed by atoms with Crippen molar-refractivity contribution in [2.24, 2.45) is 0 Å². The summed E-state index contributed by atoms with van der Waals surface area (Å²) in [7, 11) is 0. The van der Waals surface area contributed by atoms with Crippen LogP contribution in [0.5, 0.6) is 0 Å². The number of halogens is 1. The van der Waals surface area contributed by atoms with Crippen LogP contribution in [0.15, 0.2) is 40.8 Å². The summed E-state index contributed by atoms with van der Waals surface area (Å²) < 4.78 is 18.6. The van der Waals surface area contributed by atoms with Crippen LogP contribution in [0.2, 0.25) is 0 Å². The Hall–Kier alpha value is -2.36. The van der Waals surface area contributed by atoms with Gasteiger partial charge in [-0.2, -0.15) is 0 Å². The van der Waals surface area contributed by atoms with Crippen molar-refractivity contribution in [3.8, 4) is 11.5 Å². The lowest BCUT2D eigenvalue weighted by Gasteiger charge is -2.00. The number of aromatic nitrogens is 1. The maximum atomic E-state index is 13.1. The van der Waals surface area contributed by atoms with E-state index in [-0.39, 0.29) is 5.82 Å². The first-order valence-electron chi connectivity index (χ1n) is 5.56. The number of anilines is 1. The third kappa shape index (κ3) is 1.72. The van der Waals surface area contributed by atoms with Crippen LogP contribution in [0.25, 0.3) is 22.6 Å². The Bertz CT molecular complexity index is 734. The molecule has 1 heterocycles. The molecule has 0 saturated heterocycles. The molecule has 0 radical (unpaired) electrons. The SMILES string of the molecule is Cc1ccc(-c2nc3ccc(F)cc3o2)cc1N. The average Bonchev–Trinajstić information content (AvgIpc) is 2.75. The van der Waals surface area contributed by atoms with Crippen LogP contribution in [-0.2, 0) is 0 Å². The molecule has 0 bridgehead atoms. The number of hydrogen-bond acceptors (Lipinski definition) is 3. The lowest BCUT2D eigenvalue weighted by molar-refractivity contribution is 0.602. The van der Waals surface area contributed by atoms with Gasteiger partial charge in [-0.3, -0.25) is 0 Å². The van der Waals surface area contributed by atoms with Gasteiger partial charge in [0.25, 0.3) is 0 Å². The van der Waals surface area contributed by atoms with Crippen molar-refractivity contribution in [2.75, 3.05) is 5.73 Å². The largest absolute Gasteiger partial charge is 0.436 e. The number of hydrogen-bond donors (Lipinski definition) is 1. The summed E-state index contributed by atoms with van der Waals surface area (Å²) in [5.41, 5.74) is 9.38. The molecule has 4 heteroatoms. The first kappa shape index (κ1) is 10.8. The monoisotopic (exact) mass is 242 g/mol. The molecule has 0 saturated carbocycles. The minimum absolute atomic E-state index is 0.339. The fourth-order valence-electron chi connectivity index (χ4n) is 1.80. The maximum absolute atomic E-state index is 13.1. The second-order valence-corrected chi connectivity index (χ2v) is 4.20. The fourth-order valence-corrected chi connectivity index (χ4v) is 1.80. The first-order valence-corrected chi connectivity index (χ1v) is 5.56. The molecule has 0 amide bonds. The molecular formula is C14H11FN2O. The van der Waals surface area contributed by atoms with E-state index in [4.69, 9.17) is 10.2 Å². The van der Waals surface area contributed by atoms with E-state index in [1.54, 1.807) is 12.1 Å². The minimum atomic E-state index is -0.339. The first-order chi connectivity index (χ1) is 8.63. The van der Waals surface area contributed by atoms with Gasteiger partial charge in [0.15, 0.2) is 5.58 Å². The number of nitrogens with two attached hydrogens (primary N) is 1. The smallest absolute Gasteiger partial charge is 0.227 e. The van der Waals surface area contributed by atoms with Gasteiger partial charge in [-0.25, -0.2) is 9.37 Å². The summed E-state index contributed by atoms with van der Waals surface area (Å²) in [6.45, 7) is 1.93. The van der Waals surface area contributed by atoms with Gasteiger partial charge >= 0.3 is 0 Å². The Labute approximate surface area is 103 Å². The number of fused-ring (bicyclic) bond motifs is 1. The molecule has 0 fully saturated rings. The number of benzene rings is 2. The van der Waals surface area contributed by atoms with Gasteiger partial charge in [-0.1, -0.05) is 6.07 Å². The molecule has 2 aromatic carbocycles. The van der Waals surface area contributed by atoms with Crippen LogP contribution in [-0.4, -0.2) is 4.98 Å². The summed E-state index contributed by atoms with van der Waals surface area (Å²) >= 11 is 0. The Morgan fingerprint density at radius 1 is 1.17 bits per heavy atom. The highest BCUT2D eigenvalue weighted by molar-refractivity contribution is 5.76. The number of oxazole rings is 1. The molecule has 0 aliphatic rings. The molecule has 0 aliphatic carbocycles. The molecule has 90 valence electrons. The van der Waals surface area contributed by atoms with Crippen molar-refractivity contribution in [1.29, 1.82) is 0 Å². The van der Waals surface area contributed by atoms with Crippen molar-refractivity contribution in [3.05, 3.63) is 47.8 Å². The lowest BCUT2D eigenvalue weighted by Crippen LogP contribution is -1.89. The minimum Gasteiger partial charge on any atom is -0.436 e. The standard InChI is InChI=1S/C14H11FN2O/c1-8-2-3-9(6-11(8)16)14-17-12-5-4-10(15)7-13(12)18-14/h2-7H,16H2,1H3. The second-order valence-electron chi connectivity index (χ2n) is 4.20. The van der Waals surface area contributed by atoms with Crippen LogP contribution < -0.4 is 5.73 Å². The highest BCUT2D eigenvalue weighted by atomic mass is 19.1. The zero-order chi connectivity index (χ0) is 12.7. The van der Waals surface area contributed by atoms with Crippen LogP contribution in [0.4, 0.5) is 10.1 Å². The van der Waals surface area contributed by atoms with Crippen LogP contribution in [0.3, 0.4) is 0 Å². The molecule has 18 heavy (non-hydrogen) atoms. The van der Waals surface area contributed by atoms with Crippen LogP contribution in [0, 0.1) is 12.7 Å². The summed E-state index contributed by atoms with van der Waals surface area (Å²) in [4.78, 5) is 4.31. The predicted molar refractivity (Wildman–Crippen MR) is 68.6 cm³/mol. The Morgan fingerprint density at radius 2 is 2.00 bits per heavy atom.